The van der Waals surface area contributed by atoms with E-state index in [2.05, 4.69) is 0 Å². The zero-order valence-electron chi connectivity index (χ0n) is 7.69. The maximum absolute atomic E-state index is 10.3. The van der Waals surface area contributed by atoms with Gasteiger partial charge in [-0.2, -0.15) is 0 Å². The number of hydrogen-bond donors (Lipinski definition) is 3. The number of carbonyl (C=O) groups excluding carboxylic acids is 1. The first-order valence-corrected chi connectivity index (χ1v) is 3.15. The van der Waals surface area contributed by atoms with Crippen LogP contribution in [0.2, 0.25) is 0 Å². The summed E-state index contributed by atoms with van der Waals surface area (Å²) in [6.07, 6.45) is -2.44. The molecule has 1 atom stereocenters. The molecule has 0 heterocycles. The summed E-state index contributed by atoms with van der Waals surface area (Å²) >= 11 is 0. The van der Waals surface area contributed by atoms with Crippen LogP contribution in [-0.2, 0) is 31.5 Å². The van der Waals surface area contributed by atoms with Gasteiger partial charge in [-0.15, -0.1) is 0 Å². The minimum absolute atomic E-state index is 0. The summed E-state index contributed by atoms with van der Waals surface area (Å²) < 4.78 is 0. The molecule has 0 aliphatic carbocycles. The smallest absolute Gasteiger partial charge is 0.550 e. The van der Waals surface area contributed by atoms with Gasteiger partial charge in [-0.05, 0) is 0 Å². The van der Waals surface area contributed by atoms with Crippen LogP contribution in [0.5, 0.6) is 0 Å². The Kier molecular flexibility index (Phi) is 13.7. The molecule has 0 rings (SSSR count). The van der Waals surface area contributed by atoms with E-state index in [0.717, 1.165) is 0 Å². The van der Waals surface area contributed by atoms with Gasteiger partial charge < -0.3 is 36.2 Å². The van der Waals surface area contributed by atoms with Gasteiger partial charge >= 0.3 is 29.0 Å². The Bertz CT molecular complexity index is 234. The van der Waals surface area contributed by atoms with E-state index in [1.165, 1.54) is 0 Å². The average molecular weight is 291 g/mol. The van der Waals surface area contributed by atoms with Gasteiger partial charge in [-0.3, -0.25) is 4.79 Å². The first-order chi connectivity index (χ1) is 5.78. The summed E-state index contributed by atoms with van der Waals surface area (Å²) in [5, 5.41) is 35.5. The summed E-state index contributed by atoms with van der Waals surface area (Å²) in [6.45, 7) is 0. The van der Waals surface area contributed by atoms with E-state index in [4.69, 9.17) is 15.3 Å². The van der Waals surface area contributed by atoms with E-state index >= 15 is 0 Å². The fourth-order valence-electron chi connectivity index (χ4n) is 0.703. The number of carbonyl (C=O) groups is 3. The summed E-state index contributed by atoms with van der Waals surface area (Å²) in [7, 11) is 0. The topological polar surface area (TPSA) is 198 Å². The molecule has 0 fully saturated rings. The van der Waals surface area contributed by atoms with Crippen molar-refractivity contribution in [1.29, 1.82) is 0 Å². The van der Waals surface area contributed by atoms with E-state index in [1.54, 1.807) is 0 Å². The summed E-state index contributed by atoms with van der Waals surface area (Å²) in [4.78, 5) is 30.3. The molecule has 0 aromatic rings. The van der Waals surface area contributed by atoms with Crippen LogP contribution < -0.4 is 5.11 Å². The van der Waals surface area contributed by atoms with E-state index < -0.39 is 36.4 Å². The molecule has 0 radical (unpaired) electrons. The van der Waals surface area contributed by atoms with Crippen LogP contribution in [0.15, 0.2) is 0 Å². The molecule has 0 aromatic heterocycles. The van der Waals surface area contributed by atoms with Gasteiger partial charge in [0.05, 0.1) is 6.42 Å². The van der Waals surface area contributed by atoms with Crippen molar-refractivity contribution in [2.45, 2.75) is 18.4 Å². The number of aliphatic hydroxyl groups is 1. The third-order valence-corrected chi connectivity index (χ3v) is 1.28. The molecule has 16 heavy (non-hydrogen) atoms. The quantitative estimate of drug-likeness (QED) is 0.426. The monoisotopic (exact) mass is 290 g/mol. The second-order valence-corrected chi connectivity index (χ2v) is 2.46. The van der Waals surface area contributed by atoms with Crippen LogP contribution in [0.25, 0.3) is 0 Å². The van der Waals surface area contributed by atoms with Crippen molar-refractivity contribution in [2.24, 2.45) is 0 Å². The van der Waals surface area contributed by atoms with Gasteiger partial charge in [0.25, 0.3) is 0 Å². The molecule has 0 saturated heterocycles. The summed E-state index contributed by atoms with van der Waals surface area (Å²) in [5.41, 5.74) is -2.80. The first-order valence-electron chi connectivity index (χ1n) is 3.15. The minimum atomic E-state index is -2.80. The molecule has 1 unspecified atom stereocenters. The van der Waals surface area contributed by atoms with E-state index in [1.807, 2.05) is 0 Å². The number of carboxylic acids is 3. The van der Waals surface area contributed by atoms with Crippen LogP contribution in [0.3, 0.4) is 0 Å². The van der Waals surface area contributed by atoms with Crippen molar-refractivity contribution in [2.75, 3.05) is 0 Å². The molecule has 0 bridgehead atoms. The van der Waals surface area contributed by atoms with Crippen molar-refractivity contribution >= 4 is 17.9 Å². The number of aliphatic carboxylic acids is 3. The van der Waals surface area contributed by atoms with Gasteiger partial charge in [-0.1, -0.05) is 0 Å². The second kappa shape index (κ2) is 9.07. The molecule has 0 spiro atoms. The van der Waals surface area contributed by atoms with E-state index in [-0.39, 0.29) is 28.0 Å². The molecule has 0 saturated carbocycles. The maximum Gasteiger partial charge on any atom is 1.00 e. The molecule has 7 N–H and O–H groups in total. The summed E-state index contributed by atoms with van der Waals surface area (Å²) in [5.74, 6) is -5.34. The fourth-order valence-corrected chi connectivity index (χ4v) is 0.703. The normalized spacial score (nSPS) is 11.8. The fraction of sp³-hybridized carbons (Fsp3) is 0.500. The summed E-state index contributed by atoms with van der Waals surface area (Å²) in [6, 6.07) is 0. The molecule has 100 valence electrons. The van der Waals surface area contributed by atoms with E-state index in [9.17, 15) is 19.5 Å². The standard InChI is InChI=1S/C6H8O7.Cu.2H2O/c7-3(8)1-6(13,5(11)12)2-4(9)10;;;/h13H,1-2H2,(H,7,8)(H,9,10)(H,11,12);;2*1H2/q;+1;;/p-1. The van der Waals surface area contributed by atoms with Crippen molar-refractivity contribution < 1.29 is 62.8 Å². The third kappa shape index (κ3) is 8.15. The van der Waals surface area contributed by atoms with Gasteiger partial charge in [-0.25, -0.2) is 4.79 Å². The van der Waals surface area contributed by atoms with Crippen molar-refractivity contribution in [3.05, 3.63) is 0 Å². The van der Waals surface area contributed by atoms with Gasteiger partial charge in [0.1, 0.15) is 0 Å². The Labute approximate surface area is 99.8 Å². The van der Waals surface area contributed by atoms with Crippen LogP contribution in [0, 0.1) is 0 Å². The van der Waals surface area contributed by atoms with Crippen molar-refractivity contribution in [3.8, 4) is 0 Å². The number of hydrogen-bond acceptors (Lipinski definition) is 5. The molecule has 0 aliphatic heterocycles. The molecular weight excluding hydrogens is 280 g/mol. The zero-order chi connectivity index (χ0) is 10.6. The Hall–Kier alpha value is -1.19. The van der Waals surface area contributed by atoms with Crippen LogP contribution in [0.4, 0.5) is 0 Å². The largest absolute Gasteiger partial charge is 1.00 e. The predicted octanol–water partition coefficient (Wildman–Crippen LogP) is -4.24. The predicted molar refractivity (Wildman–Crippen MR) is 41.7 cm³/mol. The van der Waals surface area contributed by atoms with E-state index in [0.29, 0.717) is 0 Å². The molecule has 9 nitrogen and oxygen atoms in total. The molecule has 0 aliphatic rings. The van der Waals surface area contributed by atoms with Crippen LogP contribution in [0.1, 0.15) is 12.8 Å². The molecule has 0 amide bonds. The average Bonchev–Trinajstić information content (AvgIpc) is 1.82. The van der Waals surface area contributed by atoms with Crippen LogP contribution >= 0.6 is 0 Å². The second-order valence-electron chi connectivity index (χ2n) is 2.46. The maximum atomic E-state index is 10.3. The SMILES string of the molecule is O.O.O=C([O-])CC(O)(CC(=O)O)C(=O)O.[Cu+]. The van der Waals surface area contributed by atoms with Gasteiger partial charge in [0.15, 0.2) is 5.60 Å². The first kappa shape index (κ1) is 24.2. The Morgan fingerprint density at radius 3 is 1.62 bits per heavy atom. The molecule has 0 aromatic carbocycles. The number of carboxylic acid groups (broad SMARTS) is 3. The Balaban J connectivity index is -0.000000240. The third-order valence-electron chi connectivity index (χ3n) is 1.28. The number of rotatable bonds is 5. The van der Waals surface area contributed by atoms with Crippen LogP contribution in [-0.4, -0.2) is 49.8 Å². The Morgan fingerprint density at radius 1 is 1.06 bits per heavy atom. The van der Waals surface area contributed by atoms with Crippen molar-refractivity contribution in [1.82, 2.24) is 0 Å². The molecular formula is C6H11CuO9. The van der Waals surface area contributed by atoms with Gasteiger partial charge in [0, 0.05) is 12.4 Å². The van der Waals surface area contributed by atoms with Gasteiger partial charge in [0.2, 0.25) is 0 Å². The Morgan fingerprint density at radius 2 is 1.44 bits per heavy atom. The van der Waals surface area contributed by atoms with Crippen molar-refractivity contribution in [3.63, 3.8) is 0 Å². The zero-order valence-corrected chi connectivity index (χ0v) is 8.63. The minimum Gasteiger partial charge on any atom is -0.550 e. The molecule has 10 heteroatoms.